The molecular weight excluding hydrogens is 577 g/mol. The summed E-state index contributed by atoms with van der Waals surface area (Å²) < 4.78 is 35.5. The number of amides is 1. The second-order valence-electron chi connectivity index (χ2n) is 15.1. The molecule has 8 rings (SSSR count). The summed E-state index contributed by atoms with van der Waals surface area (Å²) in [4.78, 5) is 36.7. The van der Waals surface area contributed by atoms with Crippen molar-refractivity contribution in [3.8, 4) is 0 Å². The van der Waals surface area contributed by atoms with Crippen molar-refractivity contribution < 1.29 is 28.2 Å². The van der Waals surface area contributed by atoms with E-state index in [4.69, 9.17) is 14.2 Å². The van der Waals surface area contributed by atoms with Crippen molar-refractivity contribution in [3.63, 3.8) is 0 Å². The average Bonchev–Trinajstić information content (AvgIpc) is 3.42. The number of fused-ring (bicyclic) bond motifs is 5. The fourth-order valence-electron chi connectivity index (χ4n) is 10.2. The molecule has 8 aliphatic rings. The lowest BCUT2D eigenvalue weighted by Crippen LogP contribution is -2.73. The number of carbonyl (C=O) groups excluding carboxylic acids is 2. The summed E-state index contributed by atoms with van der Waals surface area (Å²) >= 11 is 0. The molecule has 10 nitrogen and oxygen atoms in total. The monoisotopic (exact) mass is 629 g/mol. The first-order chi connectivity index (χ1) is 22.0. The molecule has 0 aromatic rings. The Morgan fingerprint density at radius 3 is 2.58 bits per heavy atom. The van der Waals surface area contributed by atoms with E-state index in [9.17, 15) is 9.59 Å². The van der Waals surface area contributed by atoms with Gasteiger partial charge in [-0.3, -0.25) is 14.5 Å². The van der Waals surface area contributed by atoms with Crippen molar-refractivity contribution in [1.29, 1.82) is 0 Å². The van der Waals surface area contributed by atoms with Gasteiger partial charge in [-0.2, -0.15) is 0 Å². The molecule has 0 spiro atoms. The van der Waals surface area contributed by atoms with Crippen LogP contribution in [0.5, 0.6) is 0 Å². The van der Waals surface area contributed by atoms with Gasteiger partial charge in [0.1, 0.15) is 6.17 Å². The molecule has 3 aliphatic carbocycles. The normalized spacial score (nSPS) is 43.6. The van der Waals surface area contributed by atoms with E-state index in [1.807, 2.05) is 11.1 Å². The van der Waals surface area contributed by atoms with E-state index in [1.165, 1.54) is 19.3 Å². The Labute approximate surface area is 266 Å². The van der Waals surface area contributed by atoms with E-state index < -0.39 is 24.2 Å². The molecular formula is C34H52FN5O5. The largest absolute Gasteiger partial charge is 0.379 e. The van der Waals surface area contributed by atoms with Gasteiger partial charge >= 0.3 is 0 Å². The Balaban J connectivity index is 1.06. The lowest BCUT2D eigenvalue weighted by molar-refractivity contribution is -0.209. The maximum absolute atomic E-state index is 16.3. The first kappa shape index (κ1) is 30.7. The van der Waals surface area contributed by atoms with Gasteiger partial charge in [-0.15, -0.1) is 0 Å². The van der Waals surface area contributed by atoms with Crippen LogP contribution in [0.1, 0.15) is 51.4 Å². The summed E-state index contributed by atoms with van der Waals surface area (Å²) in [6.07, 6.45) is 8.36. The van der Waals surface area contributed by atoms with Gasteiger partial charge in [-0.25, -0.2) is 4.39 Å². The summed E-state index contributed by atoms with van der Waals surface area (Å²) in [6.45, 7) is 7.88. The van der Waals surface area contributed by atoms with Gasteiger partial charge in [0.25, 0.3) is 5.91 Å². The highest BCUT2D eigenvalue weighted by atomic mass is 19.1. The minimum atomic E-state index is -1.21. The minimum Gasteiger partial charge on any atom is -0.379 e. The summed E-state index contributed by atoms with van der Waals surface area (Å²) in [6, 6.07) is -0.723. The maximum atomic E-state index is 16.3. The predicted octanol–water partition coefficient (Wildman–Crippen LogP) is 1.44. The van der Waals surface area contributed by atoms with E-state index in [1.54, 1.807) is 0 Å². The van der Waals surface area contributed by atoms with Crippen LogP contribution in [0.15, 0.2) is 11.8 Å². The number of ether oxygens (including phenoxy) is 3. The molecule has 1 amide bonds. The van der Waals surface area contributed by atoms with Crippen LogP contribution in [0.25, 0.3) is 0 Å². The Bertz CT molecular complexity index is 1140. The van der Waals surface area contributed by atoms with Gasteiger partial charge in [-0.1, -0.05) is 12.8 Å². The van der Waals surface area contributed by atoms with Gasteiger partial charge in [-0.05, 0) is 70.5 Å². The molecule has 250 valence electrons. The number of halogens is 1. The first-order valence-electron chi connectivity index (χ1n) is 18.0. The summed E-state index contributed by atoms with van der Waals surface area (Å²) in [5.41, 5.74) is 0.243. The fraction of sp³-hybridized carbons (Fsp3) is 0.882. The molecule has 11 unspecified atom stereocenters. The SMILES string of the molecule is CN1CCN(C(=O)C2=CN3C4CC5OC6CCCCC6C5CC4OC4C(NCCCN5CCOCC5)C(F)CC(C2=O)C43)CC1. The smallest absolute Gasteiger partial charge is 0.259 e. The highest BCUT2D eigenvalue weighted by Gasteiger charge is 2.61. The number of hydrogen-bond acceptors (Lipinski definition) is 9. The molecule has 7 fully saturated rings. The standard InChI is InChI=1S/C34H52FN5O5/c1-37-9-11-39(12-10-37)34(42)24-20-40-26-19-28-22(21-5-2-3-6-27(21)44-28)18-29(26)45-33-30(25(35)17-23(31(33)40)32(24)41)36-7-4-8-38-13-15-43-16-14-38/h20-23,25-31,33,36H,2-19H2,1H3. The lowest BCUT2D eigenvalue weighted by Gasteiger charge is -2.60. The van der Waals surface area contributed by atoms with E-state index in [0.29, 0.717) is 37.6 Å². The van der Waals surface area contributed by atoms with Crippen molar-refractivity contribution in [2.24, 2.45) is 17.8 Å². The molecule has 4 saturated heterocycles. The second-order valence-corrected chi connectivity index (χ2v) is 15.1. The number of carbonyl (C=O) groups is 2. The van der Waals surface area contributed by atoms with Crippen LogP contribution < -0.4 is 5.32 Å². The summed E-state index contributed by atoms with van der Waals surface area (Å²) in [5, 5.41) is 3.57. The minimum absolute atomic E-state index is 0.0247. The van der Waals surface area contributed by atoms with Crippen molar-refractivity contribution >= 4 is 11.7 Å². The van der Waals surface area contributed by atoms with Gasteiger partial charge < -0.3 is 34.2 Å². The Morgan fingerprint density at radius 1 is 0.956 bits per heavy atom. The van der Waals surface area contributed by atoms with Crippen molar-refractivity contribution in [3.05, 3.63) is 11.8 Å². The van der Waals surface area contributed by atoms with Crippen LogP contribution >= 0.6 is 0 Å². The number of nitrogens with one attached hydrogen (secondary N) is 1. The molecule has 5 heterocycles. The molecule has 11 atom stereocenters. The number of likely N-dealkylation sites (N-methyl/N-ethyl adjacent to an activating group) is 1. The van der Waals surface area contributed by atoms with E-state index >= 15 is 4.39 Å². The number of hydrogen-bond donors (Lipinski definition) is 1. The Kier molecular flexibility index (Phi) is 8.71. The number of alkyl halides is 1. The molecule has 0 aromatic carbocycles. The van der Waals surface area contributed by atoms with Gasteiger partial charge in [0, 0.05) is 51.4 Å². The second kappa shape index (κ2) is 12.8. The van der Waals surface area contributed by atoms with E-state index in [-0.39, 0.29) is 48.0 Å². The molecule has 3 saturated carbocycles. The van der Waals surface area contributed by atoms with Crippen molar-refractivity contribution in [2.75, 3.05) is 72.6 Å². The molecule has 45 heavy (non-hydrogen) atoms. The summed E-state index contributed by atoms with van der Waals surface area (Å²) in [5.74, 6) is 0.0780. The molecule has 11 heteroatoms. The molecule has 1 N–H and O–H groups in total. The molecule has 0 aromatic heterocycles. The fourth-order valence-corrected chi connectivity index (χ4v) is 10.2. The molecule has 0 bridgehead atoms. The number of piperazine rings is 1. The van der Waals surface area contributed by atoms with Crippen LogP contribution in [0.2, 0.25) is 0 Å². The van der Waals surface area contributed by atoms with Gasteiger partial charge in [0.2, 0.25) is 0 Å². The quantitative estimate of drug-likeness (QED) is 0.347. The Morgan fingerprint density at radius 2 is 1.76 bits per heavy atom. The van der Waals surface area contributed by atoms with Crippen LogP contribution in [0, 0.1) is 17.8 Å². The van der Waals surface area contributed by atoms with Crippen molar-refractivity contribution in [2.45, 2.75) is 100 Å². The first-order valence-corrected chi connectivity index (χ1v) is 18.0. The lowest BCUT2D eigenvalue weighted by atomic mass is 9.67. The number of rotatable bonds is 6. The van der Waals surface area contributed by atoms with Crippen LogP contribution in [-0.2, 0) is 23.8 Å². The molecule has 0 radical (unpaired) electrons. The predicted molar refractivity (Wildman–Crippen MR) is 165 cm³/mol. The average molecular weight is 630 g/mol. The van der Waals surface area contributed by atoms with Gasteiger partial charge in [0.15, 0.2) is 5.78 Å². The zero-order valence-electron chi connectivity index (χ0n) is 26.9. The van der Waals surface area contributed by atoms with E-state index in [0.717, 1.165) is 71.6 Å². The van der Waals surface area contributed by atoms with Crippen molar-refractivity contribution in [1.82, 2.24) is 24.9 Å². The van der Waals surface area contributed by atoms with Crippen LogP contribution in [0.3, 0.4) is 0 Å². The third-order valence-electron chi connectivity index (χ3n) is 12.6. The van der Waals surface area contributed by atoms with Gasteiger partial charge in [0.05, 0.1) is 61.3 Å². The zero-order chi connectivity index (χ0) is 30.7. The number of nitrogens with zero attached hydrogens (tertiary/aromatic N) is 4. The highest BCUT2D eigenvalue weighted by molar-refractivity contribution is 6.20. The highest BCUT2D eigenvalue weighted by Crippen LogP contribution is 2.52. The molecule has 5 aliphatic heterocycles. The number of ketones is 1. The third-order valence-corrected chi connectivity index (χ3v) is 12.6. The topological polar surface area (TPSA) is 86.8 Å². The zero-order valence-corrected chi connectivity index (χ0v) is 26.9. The number of morpholine rings is 2. The summed E-state index contributed by atoms with van der Waals surface area (Å²) in [7, 11) is 2.06. The van der Waals surface area contributed by atoms with E-state index in [2.05, 4.69) is 27.1 Å². The van der Waals surface area contributed by atoms with Crippen LogP contribution in [-0.4, -0.2) is 153 Å². The Hall–Kier alpha value is -1.63. The van der Waals surface area contributed by atoms with Crippen LogP contribution in [0.4, 0.5) is 4.39 Å². The maximum Gasteiger partial charge on any atom is 0.259 e. The third kappa shape index (κ3) is 5.67. The number of Topliss-reactive ketones (excluding diaryl/α,β-unsaturated/α-hetero) is 1.